The third-order valence-corrected chi connectivity index (χ3v) is 2.90. The molecule has 1 aromatic carbocycles. The zero-order valence-corrected chi connectivity index (χ0v) is 10.5. The predicted molar refractivity (Wildman–Crippen MR) is 69.1 cm³/mol. The zero-order valence-electron chi connectivity index (χ0n) is 9.56. The molecule has 0 saturated carbocycles. The molecule has 96 valence electrons. The van der Waals surface area contributed by atoms with Crippen LogP contribution in [0.2, 0.25) is 0 Å². The molecule has 0 fully saturated rings. The lowest BCUT2D eigenvalue weighted by Crippen LogP contribution is -2.18. The number of nitrogens with zero attached hydrogens (tertiary/aromatic N) is 3. The summed E-state index contributed by atoms with van der Waals surface area (Å²) in [5.41, 5.74) is 1.44. The van der Waals surface area contributed by atoms with Crippen molar-refractivity contribution in [2.45, 2.75) is 18.6 Å². The Morgan fingerprint density at radius 1 is 1.22 bits per heavy atom. The van der Waals surface area contributed by atoms with Crippen LogP contribution in [0.4, 0.5) is 0 Å². The summed E-state index contributed by atoms with van der Waals surface area (Å²) in [6, 6.07) is 7.02. The molecular weight excluding hydrogens is 252 g/mol. The number of thiol groups is 1. The van der Waals surface area contributed by atoms with Crippen molar-refractivity contribution >= 4 is 12.6 Å². The van der Waals surface area contributed by atoms with Crippen LogP contribution in [0.15, 0.2) is 24.3 Å². The number of benzene rings is 1. The van der Waals surface area contributed by atoms with Crippen LogP contribution in [0.1, 0.15) is 18.1 Å². The molecule has 6 nitrogen and oxygen atoms in total. The van der Waals surface area contributed by atoms with Crippen LogP contribution in [-0.4, -0.2) is 42.7 Å². The number of nitrogens with one attached hydrogen (secondary N) is 1. The number of hydrogen-bond acceptors (Lipinski definition) is 6. The summed E-state index contributed by atoms with van der Waals surface area (Å²) in [7, 11) is 0. The molecule has 0 saturated heterocycles. The Kier molecular flexibility index (Phi) is 4.29. The summed E-state index contributed by atoms with van der Waals surface area (Å²) in [5.74, 6) is 1.02. The standard InChI is InChI=1S/C11H14N4O2S/c16-9(5-6-18)10(17)7-1-3-8(4-2-7)11-12-14-15-13-11/h1-4,9-10,16-18H,5-6H2,(H,12,13,14,15). The molecule has 1 heterocycles. The predicted octanol–water partition coefficient (Wildman–Crippen LogP) is 0.581. The Morgan fingerprint density at radius 3 is 2.50 bits per heavy atom. The average Bonchev–Trinajstić information content (AvgIpc) is 2.92. The minimum atomic E-state index is -0.906. The maximum absolute atomic E-state index is 9.91. The first-order valence-corrected chi connectivity index (χ1v) is 6.16. The molecule has 7 heteroatoms. The molecule has 2 unspecified atom stereocenters. The summed E-state index contributed by atoms with van der Waals surface area (Å²) < 4.78 is 0. The third-order valence-electron chi connectivity index (χ3n) is 2.65. The summed E-state index contributed by atoms with van der Waals surface area (Å²) in [5, 5.41) is 33.2. The fourth-order valence-corrected chi connectivity index (χ4v) is 1.89. The van der Waals surface area contributed by atoms with Gasteiger partial charge in [0, 0.05) is 5.56 Å². The maximum atomic E-state index is 9.91. The largest absolute Gasteiger partial charge is 0.390 e. The van der Waals surface area contributed by atoms with Crippen LogP contribution in [0.3, 0.4) is 0 Å². The monoisotopic (exact) mass is 266 g/mol. The quantitative estimate of drug-likeness (QED) is 0.594. The minimum Gasteiger partial charge on any atom is -0.390 e. The molecule has 0 spiro atoms. The van der Waals surface area contributed by atoms with Crippen LogP contribution >= 0.6 is 12.6 Å². The Labute approximate surface area is 109 Å². The highest BCUT2D eigenvalue weighted by Crippen LogP contribution is 2.22. The van der Waals surface area contributed by atoms with Gasteiger partial charge >= 0.3 is 0 Å². The fraction of sp³-hybridized carbons (Fsp3) is 0.364. The first-order chi connectivity index (χ1) is 8.72. The van der Waals surface area contributed by atoms with Crippen molar-refractivity contribution in [2.24, 2.45) is 0 Å². The van der Waals surface area contributed by atoms with Crippen LogP contribution in [0.5, 0.6) is 0 Å². The van der Waals surface area contributed by atoms with E-state index in [1.165, 1.54) is 0 Å². The van der Waals surface area contributed by atoms with E-state index in [-0.39, 0.29) is 0 Å². The summed E-state index contributed by atoms with van der Waals surface area (Å²) in [6.45, 7) is 0. The Hall–Kier alpha value is -1.44. The van der Waals surface area contributed by atoms with Crippen LogP contribution in [0, 0.1) is 0 Å². The van der Waals surface area contributed by atoms with Gasteiger partial charge in [-0.1, -0.05) is 24.3 Å². The summed E-state index contributed by atoms with van der Waals surface area (Å²) >= 11 is 4.03. The lowest BCUT2D eigenvalue weighted by Gasteiger charge is -2.17. The van der Waals surface area contributed by atoms with Gasteiger partial charge in [-0.2, -0.15) is 17.8 Å². The second-order valence-electron chi connectivity index (χ2n) is 3.88. The van der Waals surface area contributed by atoms with Crippen molar-refractivity contribution < 1.29 is 10.2 Å². The van der Waals surface area contributed by atoms with E-state index in [1.54, 1.807) is 24.3 Å². The van der Waals surface area contributed by atoms with E-state index in [4.69, 9.17) is 0 Å². The van der Waals surface area contributed by atoms with Gasteiger partial charge in [-0.05, 0) is 23.0 Å². The van der Waals surface area contributed by atoms with Crippen molar-refractivity contribution in [1.29, 1.82) is 0 Å². The fourth-order valence-electron chi connectivity index (χ4n) is 1.63. The molecule has 1 aromatic heterocycles. The number of tetrazole rings is 1. The second-order valence-corrected chi connectivity index (χ2v) is 4.33. The molecule has 0 aliphatic carbocycles. The van der Waals surface area contributed by atoms with Gasteiger partial charge in [0.1, 0.15) is 6.10 Å². The average molecular weight is 266 g/mol. The van der Waals surface area contributed by atoms with Crippen molar-refractivity contribution in [3.8, 4) is 11.4 Å². The van der Waals surface area contributed by atoms with E-state index >= 15 is 0 Å². The molecule has 18 heavy (non-hydrogen) atoms. The van der Waals surface area contributed by atoms with Gasteiger partial charge < -0.3 is 10.2 Å². The smallest absolute Gasteiger partial charge is 0.204 e. The normalized spacial score (nSPS) is 14.4. The van der Waals surface area contributed by atoms with Crippen LogP contribution < -0.4 is 0 Å². The highest BCUT2D eigenvalue weighted by Gasteiger charge is 2.17. The molecule has 0 aliphatic rings. The second kappa shape index (κ2) is 5.94. The number of aromatic nitrogens is 4. The number of H-pyrrole nitrogens is 1. The topological polar surface area (TPSA) is 94.9 Å². The van der Waals surface area contributed by atoms with Gasteiger partial charge in [0.25, 0.3) is 0 Å². The number of hydrogen-bond donors (Lipinski definition) is 4. The number of aliphatic hydroxyl groups excluding tert-OH is 2. The number of rotatable bonds is 5. The van der Waals surface area contributed by atoms with Crippen molar-refractivity contribution in [2.75, 3.05) is 5.75 Å². The Balaban J connectivity index is 2.12. The van der Waals surface area contributed by atoms with Gasteiger partial charge in [0.15, 0.2) is 0 Å². The maximum Gasteiger partial charge on any atom is 0.204 e. The lowest BCUT2D eigenvalue weighted by atomic mass is 10.0. The molecule has 2 rings (SSSR count). The van der Waals surface area contributed by atoms with Crippen molar-refractivity contribution in [3.05, 3.63) is 29.8 Å². The molecule has 0 radical (unpaired) electrons. The van der Waals surface area contributed by atoms with E-state index in [0.717, 1.165) is 5.56 Å². The Bertz CT molecular complexity index is 474. The van der Waals surface area contributed by atoms with E-state index in [0.29, 0.717) is 23.6 Å². The van der Waals surface area contributed by atoms with Gasteiger partial charge in [-0.3, -0.25) is 0 Å². The molecule has 2 aromatic rings. The van der Waals surface area contributed by atoms with Crippen LogP contribution in [0.25, 0.3) is 11.4 Å². The molecule has 2 atom stereocenters. The SMILES string of the molecule is OC(CCS)C(O)c1ccc(-c2nn[nH]n2)cc1. The molecule has 0 aliphatic heterocycles. The van der Waals surface area contributed by atoms with E-state index in [9.17, 15) is 10.2 Å². The molecule has 0 bridgehead atoms. The first-order valence-electron chi connectivity index (χ1n) is 5.53. The highest BCUT2D eigenvalue weighted by atomic mass is 32.1. The van der Waals surface area contributed by atoms with E-state index < -0.39 is 12.2 Å². The number of aliphatic hydroxyl groups is 2. The van der Waals surface area contributed by atoms with Gasteiger partial charge in [-0.25, -0.2) is 0 Å². The Morgan fingerprint density at radius 2 is 1.94 bits per heavy atom. The molecule has 0 amide bonds. The zero-order chi connectivity index (χ0) is 13.0. The van der Waals surface area contributed by atoms with Crippen molar-refractivity contribution in [3.63, 3.8) is 0 Å². The molecular formula is C11H14N4O2S. The van der Waals surface area contributed by atoms with E-state index in [1.807, 2.05) is 0 Å². The minimum absolute atomic E-state index is 0.441. The third kappa shape index (κ3) is 2.87. The lowest BCUT2D eigenvalue weighted by molar-refractivity contribution is 0.0172. The highest BCUT2D eigenvalue weighted by molar-refractivity contribution is 7.80. The van der Waals surface area contributed by atoms with Gasteiger partial charge in [0.2, 0.25) is 5.82 Å². The van der Waals surface area contributed by atoms with Gasteiger partial charge in [-0.15, -0.1) is 10.2 Å². The van der Waals surface area contributed by atoms with E-state index in [2.05, 4.69) is 33.3 Å². The number of aromatic amines is 1. The summed E-state index contributed by atoms with van der Waals surface area (Å²) in [6.07, 6.45) is -1.27. The summed E-state index contributed by atoms with van der Waals surface area (Å²) in [4.78, 5) is 0. The first kappa shape index (κ1) is 13.0. The van der Waals surface area contributed by atoms with Crippen molar-refractivity contribution in [1.82, 2.24) is 20.6 Å². The van der Waals surface area contributed by atoms with Gasteiger partial charge in [0.05, 0.1) is 6.10 Å². The van der Waals surface area contributed by atoms with Crippen LogP contribution in [-0.2, 0) is 0 Å². The molecule has 3 N–H and O–H groups in total.